The number of primary amides is 2. The molecule has 0 aromatic heterocycles. The summed E-state index contributed by atoms with van der Waals surface area (Å²) in [6, 6.07) is -10.0. The van der Waals surface area contributed by atoms with Crippen LogP contribution in [0.1, 0.15) is 58.3 Å². The van der Waals surface area contributed by atoms with Gasteiger partial charge in [-0.15, -0.1) is 0 Å². The molecule has 27 nitrogen and oxygen atoms in total. The van der Waals surface area contributed by atoms with E-state index in [-0.39, 0.29) is 31.7 Å². The van der Waals surface area contributed by atoms with Gasteiger partial charge in [-0.05, 0) is 45.6 Å². The number of hydrogen-bond acceptors (Lipinski definition) is 15. The summed E-state index contributed by atoms with van der Waals surface area (Å²) < 4.78 is 0. The van der Waals surface area contributed by atoms with Crippen LogP contribution in [0.4, 0.5) is 0 Å². The topological polar surface area (TPSA) is 452 Å². The lowest BCUT2D eigenvalue weighted by molar-refractivity contribution is -0.144. The van der Waals surface area contributed by atoms with E-state index in [1.54, 1.807) is 0 Å². The van der Waals surface area contributed by atoms with Crippen molar-refractivity contribution in [1.82, 2.24) is 47.9 Å². The van der Waals surface area contributed by atoms with Crippen molar-refractivity contribution in [3.05, 3.63) is 0 Å². The van der Waals surface area contributed by atoms with Crippen molar-refractivity contribution in [3.63, 3.8) is 0 Å². The Balaban J connectivity index is 2.86. The number of nitrogens with two attached hydrogens (primary N) is 3. The number of unbranched alkanes of at least 4 members (excludes halogenated alkanes) is 1. The van der Waals surface area contributed by atoms with Crippen molar-refractivity contribution < 1.29 is 72.9 Å². The van der Waals surface area contributed by atoms with E-state index >= 15 is 0 Å². The first-order chi connectivity index (χ1) is 28.2. The summed E-state index contributed by atoms with van der Waals surface area (Å²) in [5.41, 5.74) is 15.7. The van der Waals surface area contributed by atoms with Gasteiger partial charge in [0.1, 0.15) is 42.3 Å². The number of hydrogen-bond donors (Lipinski definition) is 15. The van der Waals surface area contributed by atoms with Gasteiger partial charge in [-0.1, -0.05) is 0 Å². The highest BCUT2D eigenvalue weighted by atomic mass is 16.4. The van der Waals surface area contributed by atoms with E-state index in [2.05, 4.69) is 37.2 Å². The number of aliphatic hydroxyl groups is 2. The van der Waals surface area contributed by atoms with Gasteiger partial charge >= 0.3 is 5.97 Å². The summed E-state index contributed by atoms with van der Waals surface area (Å²) in [6.07, 6.45) is -0.481. The molecule has 1 aliphatic rings. The van der Waals surface area contributed by atoms with Gasteiger partial charge in [-0.3, -0.25) is 52.7 Å². The van der Waals surface area contributed by atoms with Crippen LogP contribution < -0.4 is 65.1 Å². The van der Waals surface area contributed by atoms with E-state index in [1.807, 2.05) is 10.6 Å². The minimum Gasteiger partial charge on any atom is -0.480 e. The molecule has 1 aliphatic heterocycles. The van der Waals surface area contributed by atoms with Crippen molar-refractivity contribution in [2.24, 2.45) is 17.2 Å². The maximum Gasteiger partial charge on any atom is 0.326 e. The van der Waals surface area contributed by atoms with Gasteiger partial charge in [-0.25, -0.2) is 4.79 Å². The number of aliphatic hydroxyl groups excluding tert-OH is 2. The van der Waals surface area contributed by atoms with Gasteiger partial charge in [0, 0.05) is 12.8 Å². The Morgan fingerprint density at radius 3 is 1.73 bits per heavy atom. The zero-order valence-corrected chi connectivity index (χ0v) is 32.7. The number of carbonyl (C=O) groups excluding carboxylic acids is 11. The Kier molecular flexibility index (Phi) is 22.8. The number of carboxylic acids is 1. The van der Waals surface area contributed by atoms with Crippen LogP contribution in [-0.2, 0) is 57.5 Å². The fourth-order valence-electron chi connectivity index (χ4n) is 5.19. The molecular formula is C33H54N12O15. The second-order valence-corrected chi connectivity index (χ2v) is 13.4. The van der Waals surface area contributed by atoms with E-state index in [0.717, 1.165) is 0 Å². The van der Waals surface area contributed by atoms with Crippen LogP contribution in [0.15, 0.2) is 0 Å². The molecule has 0 spiro atoms. The number of carbonyl (C=O) groups is 12. The van der Waals surface area contributed by atoms with Crippen molar-refractivity contribution >= 4 is 70.9 Å². The standard InChI is InChI=1S/C33H54N12O15/c1-15(39-29(55)18-6-8-24(50)40-18)27(53)42-16(4-2-3-9-34)30(56)45-21(14-47)32(58)43-17(5-7-22(35)48)28(54)38-11-25(51)37-12-26(52)41-20(13-46)31(57)44-19(33(59)60)10-23(36)49/h15-21,46-47H,2-14,34H2,1H3,(H2,35,48)(H2,36,49)(H,37,51)(H,38,54)(H,39,55)(H,40,50)(H,41,52)(H,42,53)(H,43,58)(H,44,57)(H,45,56)(H,59,60)/t15-,16+,17+,18+,19+,20+,21+/m1/s1. The molecule has 0 aliphatic carbocycles. The lowest BCUT2D eigenvalue weighted by atomic mass is 10.1. The zero-order chi connectivity index (χ0) is 45.5. The molecule has 7 atom stereocenters. The normalized spacial score (nSPS) is 16.1. The number of aliphatic carboxylic acids is 1. The fraction of sp³-hybridized carbons (Fsp3) is 0.636. The summed E-state index contributed by atoms with van der Waals surface area (Å²) in [5, 5.41) is 48.7. The largest absolute Gasteiger partial charge is 0.480 e. The molecule has 60 heavy (non-hydrogen) atoms. The highest BCUT2D eigenvalue weighted by molar-refractivity contribution is 5.98. The molecule has 0 radical (unpaired) electrons. The molecule has 18 N–H and O–H groups in total. The first kappa shape index (κ1) is 51.5. The minimum atomic E-state index is -1.76. The Bertz CT molecular complexity index is 1610. The molecule has 0 aromatic carbocycles. The second kappa shape index (κ2) is 26.5. The maximum absolute atomic E-state index is 13.3. The van der Waals surface area contributed by atoms with Crippen LogP contribution in [0.3, 0.4) is 0 Å². The molecule has 1 rings (SSSR count). The second-order valence-electron chi connectivity index (χ2n) is 13.4. The Morgan fingerprint density at radius 1 is 0.667 bits per heavy atom. The molecule has 1 fully saturated rings. The van der Waals surface area contributed by atoms with E-state index in [1.165, 1.54) is 6.92 Å². The van der Waals surface area contributed by atoms with Crippen molar-refractivity contribution in [3.8, 4) is 0 Å². The Morgan fingerprint density at radius 2 is 1.20 bits per heavy atom. The number of rotatable bonds is 28. The van der Waals surface area contributed by atoms with Gasteiger partial charge < -0.3 is 80.4 Å². The summed E-state index contributed by atoms with van der Waals surface area (Å²) in [4.78, 5) is 147. The van der Waals surface area contributed by atoms with Crippen LogP contribution >= 0.6 is 0 Å². The summed E-state index contributed by atoms with van der Waals surface area (Å²) in [7, 11) is 0. The van der Waals surface area contributed by atoms with Crippen molar-refractivity contribution in [1.29, 1.82) is 0 Å². The van der Waals surface area contributed by atoms with Crippen LogP contribution in [0.25, 0.3) is 0 Å². The van der Waals surface area contributed by atoms with E-state index in [0.29, 0.717) is 12.8 Å². The Hall–Kier alpha value is -6.48. The van der Waals surface area contributed by atoms with E-state index in [4.69, 9.17) is 22.3 Å². The molecular weight excluding hydrogens is 804 g/mol. The van der Waals surface area contributed by atoms with Gasteiger partial charge in [0.2, 0.25) is 65.0 Å². The Labute approximate surface area is 342 Å². The number of carboxylic acid groups (broad SMARTS) is 1. The number of amides is 11. The molecule has 336 valence electrons. The van der Waals surface area contributed by atoms with E-state index < -0.39 is 153 Å². The van der Waals surface area contributed by atoms with Crippen molar-refractivity contribution in [2.45, 2.75) is 101 Å². The first-order valence-electron chi connectivity index (χ1n) is 18.6. The number of nitrogens with one attached hydrogen (secondary N) is 9. The van der Waals surface area contributed by atoms with Gasteiger partial charge in [0.05, 0.1) is 32.7 Å². The van der Waals surface area contributed by atoms with Crippen LogP contribution in [-0.4, -0.2) is 161 Å². The molecule has 1 saturated heterocycles. The van der Waals surface area contributed by atoms with Gasteiger partial charge in [0.25, 0.3) is 0 Å². The van der Waals surface area contributed by atoms with Crippen LogP contribution in [0.2, 0.25) is 0 Å². The van der Waals surface area contributed by atoms with Gasteiger partial charge in [0.15, 0.2) is 0 Å². The predicted molar refractivity (Wildman–Crippen MR) is 201 cm³/mol. The lowest BCUT2D eigenvalue weighted by Crippen LogP contribution is -2.59. The highest BCUT2D eigenvalue weighted by Gasteiger charge is 2.33. The van der Waals surface area contributed by atoms with Crippen LogP contribution in [0.5, 0.6) is 0 Å². The predicted octanol–water partition coefficient (Wildman–Crippen LogP) is -9.23. The van der Waals surface area contributed by atoms with E-state index in [9.17, 15) is 67.7 Å². The quantitative estimate of drug-likeness (QED) is 0.0325. The molecule has 0 bridgehead atoms. The third-order valence-corrected chi connectivity index (χ3v) is 8.50. The summed E-state index contributed by atoms with van der Waals surface area (Å²) >= 11 is 0. The molecule has 0 saturated carbocycles. The molecule has 0 aromatic rings. The zero-order valence-electron chi connectivity index (χ0n) is 32.7. The lowest BCUT2D eigenvalue weighted by Gasteiger charge is -2.25. The third-order valence-electron chi connectivity index (χ3n) is 8.50. The summed E-state index contributed by atoms with van der Waals surface area (Å²) in [6.45, 7) is -2.06. The smallest absolute Gasteiger partial charge is 0.326 e. The average Bonchev–Trinajstić information content (AvgIpc) is 3.63. The molecule has 11 amide bonds. The SMILES string of the molecule is C[C@@H](NC(=O)[C@@H]1CCC(=O)N1)C(=O)N[C@@H](CCCCN)C(=O)N[C@@H](CO)C(=O)N[C@@H](CCC(N)=O)C(=O)NCC(=O)NCC(=O)N[C@@H](CO)C(=O)N[C@@H](CC(N)=O)C(=O)O. The maximum atomic E-state index is 13.3. The van der Waals surface area contributed by atoms with Gasteiger partial charge in [-0.2, -0.15) is 0 Å². The third kappa shape index (κ3) is 19.3. The van der Waals surface area contributed by atoms with Crippen LogP contribution in [0, 0.1) is 0 Å². The first-order valence-corrected chi connectivity index (χ1v) is 18.6. The monoisotopic (exact) mass is 858 g/mol. The summed E-state index contributed by atoms with van der Waals surface area (Å²) in [5.74, 6) is -11.6. The van der Waals surface area contributed by atoms with Crippen molar-refractivity contribution in [2.75, 3.05) is 32.8 Å². The molecule has 1 heterocycles. The molecule has 27 heteroatoms. The fourth-order valence-corrected chi connectivity index (χ4v) is 5.19. The average molecular weight is 859 g/mol. The molecule has 0 unspecified atom stereocenters. The highest BCUT2D eigenvalue weighted by Crippen LogP contribution is 2.08. The minimum absolute atomic E-state index is 0.0181.